The van der Waals surface area contributed by atoms with Crippen LogP contribution in [0, 0.1) is 5.82 Å². The molecule has 0 saturated heterocycles. The summed E-state index contributed by atoms with van der Waals surface area (Å²) in [5, 5.41) is 0. The van der Waals surface area contributed by atoms with Gasteiger partial charge in [0.15, 0.2) is 23.1 Å². The van der Waals surface area contributed by atoms with Gasteiger partial charge in [-0.3, -0.25) is 0 Å². The van der Waals surface area contributed by atoms with Crippen LogP contribution in [0.25, 0.3) is 0 Å². The highest BCUT2D eigenvalue weighted by molar-refractivity contribution is 7.96. The van der Waals surface area contributed by atoms with Crippen LogP contribution in [0.1, 0.15) is 25.0 Å². The molecule has 1 aliphatic rings. The van der Waals surface area contributed by atoms with Crippen LogP contribution >= 0.6 is 12.1 Å². The Morgan fingerprint density at radius 1 is 1.00 bits per heavy atom. The van der Waals surface area contributed by atoms with Gasteiger partial charge in [0.05, 0.1) is 0 Å². The summed E-state index contributed by atoms with van der Waals surface area (Å²) in [6.45, 7) is 3.96. The van der Waals surface area contributed by atoms with Gasteiger partial charge >= 0.3 is 6.09 Å². The smallest absolute Gasteiger partial charge is 0.426 e. The molecular weight excluding hydrogens is 443 g/mol. The van der Waals surface area contributed by atoms with Crippen LogP contribution in [0.15, 0.2) is 77.2 Å². The average Bonchev–Trinajstić information content (AvgIpc) is 3.13. The van der Waals surface area contributed by atoms with Crippen LogP contribution < -0.4 is 14.2 Å². The second kappa shape index (κ2) is 9.54. The van der Waals surface area contributed by atoms with Crippen molar-refractivity contribution in [3.63, 3.8) is 0 Å². The summed E-state index contributed by atoms with van der Waals surface area (Å²) in [6.07, 6.45) is 0.0972. The number of benzene rings is 3. The van der Waals surface area contributed by atoms with E-state index in [-0.39, 0.29) is 17.2 Å². The van der Waals surface area contributed by atoms with Crippen molar-refractivity contribution in [1.82, 2.24) is 4.31 Å². The third-order valence-electron chi connectivity index (χ3n) is 4.82. The van der Waals surface area contributed by atoms with E-state index >= 15 is 0 Å². The predicted octanol–water partition coefficient (Wildman–Crippen LogP) is 6.06. The maximum Gasteiger partial charge on any atom is 0.426 e. The van der Waals surface area contributed by atoms with Gasteiger partial charge in [-0.15, -0.1) is 0 Å². The number of carbonyl (C=O) groups is 1. The molecule has 0 unspecified atom stereocenters. The summed E-state index contributed by atoms with van der Waals surface area (Å²) in [6, 6.07) is 20.6. The highest BCUT2D eigenvalue weighted by Crippen LogP contribution is 2.42. The first-order chi connectivity index (χ1) is 15.8. The Balaban J connectivity index is 1.49. The molecule has 0 fully saturated rings. The van der Waals surface area contributed by atoms with Gasteiger partial charge in [-0.05, 0) is 44.2 Å². The topological polar surface area (TPSA) is 60.4 Å². The third kappa shape index (κ3) is 5.46. The van der Waals surface area contributed by atoms with Crippen molar-refractivity contribution in [3.8, 4) is 17.2 Å². The number of carbonyl (C=O) groups excluding carboxylic acids is 1. The molecule has 0 aromatic heterocycles. The van der Waals surface area contributed by atoms with Crippen molar-refractivity contribution in [1.29, 1.82) is 0 Å². The van der Waals surface area contributed by atoms with Crippen LogP contribution in [0.4, 0.5) is 9.18 Å². The SMILES string of the molecule is CN(SN=C(Oc1ccccc1F)c1ccccc1)C(=O)Oc1cccc2c1OC(C)(C)C2. The molecule has 170 valence electrons. The van der Waals surface area contributed by atoms with Gasteiger partial charge in [-0.25, -0.2) is 13.5 Å². The lowest BCUT2D eigenvalue weighted by atomic mass is 10.0. The summed E-state index contributed by atoms with van der Waals surface area (Å²) >= 11 is 0.823. The van der Waals surface area contributed by atoms with Crippen LogP contribution in [0.2, 0.25) is 0 Å². The quantitative estimate of drug-likeness (QED) is 0.260. The van der Waals surface area contributed by atoms with E-state index in [4.69, 9.17) is 14.2 Å². The molecule has 3 aromatic rings. The molecule has 3 aromatic carbocycles. The Hall–Kier alpha value is -3.52. The molecule has 33 heavy (non-hydrogen) atoms. The molecule has 4 rings (SSSR count). The van der Waals surface area contributed by atoms with E-state index in [0.29, 0.717) is 17.1 Å². The molecule has 0 radical (unpaired) electrons. The monoisotopic (exact) mass is 466 g/mol. The van der Waals surface area contributed by atoms with Crippen molar-refractivity contribution < 1.29 is 23.4 Å². The van der Waals surface area contributed by atoms with Crippen molar-refractivity contribution >= 4 is 24.1 Å². The molecule has 0 saturated carbocycles. The minimum Gasteiger partial charge on any atom is -0.483 e. The molecule has 1 heterocycles. The van der Waals surface area contributed by atoms with Crippen LogP contribution in [0.5, 0.6) is 17.2 Å². The average molecular weight is 467 g/mol. The normalized spacial score (nSPS) is 14.2. The molecular formula is C25H23FN2O4S. The van der Waals surface area contributed by atoms with E-state index in [9.17, 15) is 9.18 Å². The number of hydrogen-bond donors (Lipinski definition) is 0. The molecule has 0 bridgehead atoms. The van der Waals surface area contributed by atoms with Crippen LogP contribution in [-0.2, 0) is 6.42 Å². The second-order valence-corrected chi connectivity index (χ2v) is 8.92. The molecule has 0 N–H and O–H groups in total. The zero-order valence-electron chi connectivity index (χ0n) is 18.4. The fraction of sp³-hybridized carbons (Fsp3) is 0.200. The lowest BCUT2D eigenvalue weighted by molar-refractivity contribution is 0.132. The fourth-order valence-corrected chi connectivity index (χ4v) is 3.74. The van der Waals surface area contributed by atoms with Gasteiger partial charge in [0.1, 0.15) is 17.7 Å². The number of fused-ring (bicyclic) bond motifs is 1. The number of ether oxygens (including phenoxy) is 3. The number of amides is 1. The summed E-state index contributed by atoms with van der Waals surface area (Å²) in [4.78, 5) is 12.7. The Kier molecular flexibility index (Phi) is 6.55. The van der Waals surface area contributed by atoms with E-state index in [1.165, 1.54) is 23.5 Å². The minimum atomic E-state index is -0.635. The molecule has 1 amide bonds. The Labute approximate surface area is 196 Å². The molecule has 0 atom stereocenters. The van der Waals surface area contributed by atoms with Gasteiger partial charge in [0.25, 0.3) is 0 Å². The number of halogens is 1. The predicted molar refractivity (Wildman–Crippen MR) is 126 cm³/mol. The highest BCUT2D eigenvalue weighted by Gasteiger charge is 2.33. The van der Waals surface area contributed by atoms with E-state index in [0.717, 1.165) is 24.1 Å². The van der Waals surface area contributed by atoms with Crippen molar-refractivity contribution in [3.05, 3.63) is 89.7 Å². The Morgan fingerprint density at radius 3 is 2.45 bits per heavy atom. The Morgan fingerprint density at radius 2 is 1.70 bits per heavy atom. The Bertz CT molecular complexity index is 1180. The molecule has 0 aliphatic carbocycles. The first-order valence-corrected chi connectivity index (χ1v) is 11.0. The molecule has 0 spiro atoms. The van der Waals surface area contributed by atoms with Gasteiger partial charge < -0.3 is 14.2 Å². The summed E-state index contributed by atoms with van der Waals surface area (Å²) < 4.78 is 36.9. The maximum absolute atomic E-state index is 14.1. The molecule has 8 heteroatoms. The second-order valence-electron chi connectivity index (χ2n) is 8.02. The first-order valence-electron chi connectivity index (χ1n) is 10.3. The number of hydrogen-bond acceptors (Lipinski definition) is 6. The van der Waals surface area contributed by atoms with Gasteiger partial charge in [-0.2, -0.15) is 4.40 Å². The fourth-order valence-electron chi connectivity index (χ4n) is 3.30. The van der Waals surface area contributed by atoms with Crippen molar-refractivity contribution in [2.24, 2.45) is 4.40 Å². The summed E-state index contributed by atoms with van der Waals surface area (Å²) in [5.74, 6) is 0.595. The van der Waals surface area contributed by atoms with Crippen LogP contribution in [0.3, 0.4) is 0 Å². The van der Waals surface area contributed by atoms with E-state index in [2.05, 4.69) is 4.40 Å². The van der Waals surface area contributed by atoms with Crippen molar-refractivity contribution in [2.75, 3.05) is 7.05 Å². The number of rotatable bonds is 5. The summed E-state index contributed by atoms with van der Waals surface area (Å²) in [5.41, 5.74) is 1.26. The van der Waals surface area contributed by atoms with E-state index in [1.807, 2.05) is 44.2 Å². The van der Waals surface area contributed by atoms with E-state index in [1.54, 1.807) is 30.3 Å². The highest BCUT2D eigenvalue weighted by atomic mass is 32.2. The standard InChI is InChI=1S/C25H23FN2O4S/c1-25(2)16-18-12-9-15-21(22(18)32-25)31-24(29)28(3)33-27-23(17-10-5-4-6-11-17)30-20-14-8-7-13-19(20)26/h4-15H,16H2,1-3H3. The number of nitrogens with zero attached hydrogens (tertiary/aromatic N) is 2. The van der Waals surface area contributed by atoms with Gasteiger partial charge in [0.2, 0.25) is 5.90 Å². The van der Waals surface area contributed by atoms with Gasteiger partial charge in [0, 0.05) is 24.6 Å². The zero-order chi connectivity index (χ0) is 23.4. The minimum absolute atomic E-state index is 0.0329. The first kappa shape index (κ1) is 22.7. The third-order valence-corrected chi connectivity index (χ3v) is 5.46. The summed E-state index contributed by atoms with van der Waals surface area (Å²) in [7, 11) is 1.52. The van der Waals surface area contributed by atoms with Crippen LogP contribution in [-0.4, -0.2) is 28.9 Å². The molecule has 6 nitrogen and oxygen atoms in total. The zero-order valence-corrected chi connectivity index (χ0v) is 19.3. The van der Waals surface area contributed by atoms with E-state index < -0.39 is 11.9 Å². The van der Waals surface area contributed by atoms with Gasteiger partial charge in [-0.1, -0.05) is 42.5 Å². The number of para-hydroxylation sites is 2. The molecule has 1 aliphatic heterocycles. The largest absolute Gasteiger partial charge is 0.483 e. The lowest BCUT2D eigenvalue weighted by Crippen LogP contribution is -2.25. The lowest BCUT2D eigenvalue weighted by Gasteiger charge is -2.19. The maximum atomic E-state index is 14.1. The van der Waals surface area contributed by atoms with Crippen molar-refractivity contribution in [2.45, 2.75) is 25.9 Å².